The van der Waals surface area contributed by atoms with Gasteiger partial charge in [0, 0.05) is 12.6 Å². The van der Waals surface area contributed by atoms with E-state index in [2.05, 4.69) is 22.5 Å². The third-order valence-corrected chi connectivity index (χ3v) is 2.85. The van der Waals surface area contributed by atoms with E-state index in [1.165, 1.54) is 13.0 Å². The second kappa shape index (κ2) is 6.80. The molecular weight excluding hydrogens is 190 g/mol. The zero-order valence-corrected chi connectivity index (χ0v) is 9.88. The van der Waals surface area contributed by atoms with Gasteiger partial charge in [-0.1, -0.05) is 13.8 Å². The molecule has 1 atom stereocenters. The molecule has 1 rings (SSSR count). The molecular formula is C11H23N3O. The highest BCUT2D eigenvalue weighted by atomic mass is 16.2. The molecule has 1 aliphatic rings. The summed E-state index contributed by atoms with van der Waals surface area (Å²) in [6.07, 6.45) is 2.31. The fourth-order valence-corrected chi connectivity index (χ4v) is 1.98. The molecule has 1 aliphatic heterocycles. The Balaban J connectivity index is 2.22. The van der Waals surface area contributed by atoms with E-state index < -0.39 is 0 Å². The second-order valence-corrected chi connectivity index (χ2v) is 4.08. The third-order valence-electron chi connectivity index (χ3n) is 2.85. The van der Waals surface area contributed by atoms with E-state index in [0.29, 0.717) is 12.6 Å². The van der Waals surface area contributed by atoms with Crippen molar-refractivity contribution in [2.75, 3.05) is 32.7 Å². The van der Waals surface area contributed by atoms with Crippen LogP contribution >= 0.6 is 0 Å². The first kappa shape index (κ1) is 12.5. The van der Waals surface area contributed by atoms with Crippen molar-refractivity contribution in [1.82, 2.24) is 15.5 Å². The van der Waals surface area contributed by atoms with Crippen LogP contribution < -0.4 is 10.6 Å². The van der Waals surface area contributed by atoms with Gasteiger partial charge in [0.25, 0.3) is 0 Å². The summed E-state index contributed by atoms with van der Waals surface area (Å²) in [5.41, 5.74) is 0. The standard InChI is InChI=1S/C11H23N3O/c1-3-12-8-11(15)13-10-6-5-7-14(4-2)9-10/h10,12H,3-9H2,1-2H3,(H,13,15). The lowest BCUT2D eigenvalue weighted by atomic mass is 10.1. The van der Waals surface area contributed by atoms with Crippen LogP contribution in [-0.4, -0.2) is 49.6 Å². The van der Waals surface area contributed by atoms with Crippen LogP contribution in [0.3, 0.4) is 0 Å². The van der Waals surface area contributed by atoms with Gasteiger partial charge in [-0.3, -0.25) is 4.79 Å². The average Bonchev–Trinajstić information content (AvgIpc) is 2.26. The number of carbonyl (C=O) groups is 1. The summed E-state index contributed by atoms with van der Waals surface area (Å²) < 4.78 is 0. The molecule has 2 N–H and O–H groups in total. The Labute approximate surface area is 92.4 Å². The van der Waals surface area contributed by atoms with Gasteiger partial charge in [-0.25, -0.2) is 0 Å². The molecule has 0 saturated carbocycles. The van der Waals surface area contributed by atoms with Gasteiger partial charge in [-0.15, -0.1) is 0 Å². The molecule has 0 aromatic rings. The fourth-order valence-electron chi connectivity index (χ4n) is 1.98. The average molecular weight is 213 g/mol. The van der Waals surface area contributed by atoms with Gasteiger partial charge in [-0.05, 0) is 32.5 Å². The molecule has 1 saturated heterocycles. The smallest absolute Gasteiger partial charge is 0.234 e. The van der Waals surface area contributed by atoms with Crippen LogP contribution in [0.4, 0.5) is 0 Å². The first-order valence-corrected chi connectivity index (χ1v) is 5.98. The highest BCUT2D eigenvalue weighted by molar-refractivity contribution is 5.78. The van der Waals surface area contributed by atoms with Crippen molar-refractivity contribution >= 4 is 5.91 Å². The zero-order chi connectivity index (χ0) is 11.1. The van der Waals surface area contributed by atoms with Crippen molar-refractivity contribution < 1.29 is 4.79 Å². The normalized spacial score (nSPS) is 22.7. The number of hydrogen-bond acceptors (Lipinski definition) is 3. The predicted octanol–water partition coefficient (Wildman–Crippen LogP) is 0.196. The van der Waals surface area contributed by atoms with Gasteiger partial charge in [0.05, 0.1) is 6.54 Å². The van der Waals surface area contributed by atoms with Crippen molar-refractivity contribution in [3.63, 3.8) is 0 Å². The molecule has 1 heterocycles. The SMILES string of the molecule is CCNCC(=O)NC1CCCN(CC)C1. The molecule has 0 bridgehead atoms. The lowest BCUT2D eigenvalue weighted by Crippen LogP contribution is -2.49. The van der Waals surface area contributed by atoms with Gasteiger partial charge in [0.15, 0.2) is 0 Å². The summed E-state index contributed by atoms with van der Waals surface area (Å²) in [6, 6.07) is 0.352. The number of amides is 1. The third kappa shape index (κ3) is 4.62. The maximum Gasteiger partial charge on any atom is 0.234 e. The maximum absolute atomic E-state index is 11.5. The Hall–Kier alpha value is -0.610. The molecule has 1 fully saturated rings. The number of carbonyl (C=O) groups excluding carboxylic acids is 1. The van der Waals surface area contributed by atoms with Crippen LogP contribution in [0, 0.1) is 0 Å². The number of likely N-dealkylation sites (N-methyl/N-ethyl adjacent to an activating group) is 2. The highest BCUT2D eigenvalue weighted by Gasteiger charge is 2.19. The van der Waals surface area contributed by atoms with Gasteiger partial charge in [0.2, 0.25) is 5.91 Å². The van der Waals surface area contributed by atoms with Crippen LogP contribution in [-0.2, 0) is 4.79 Å². The van der Waals surface area contributed by atoms with Gasteiger partial charge in [-0.2, -0.15) is 0 Å². The quantitative estimate of drug-likeness (QED) is 0.685. The van der Waals surface area contributed by atoms with Crippen molar-refractivity contribution in [3.8, 4) is 0 Å². The fraction of sp³-hybridized carbons (Fsp3) is 0.909. The summed E-state index contributed by atoms with van der Waals surface area (Å²) in [5, 5.41) is 6.11. The largest absolute Gasteiger partial charge is 0.351 e. The monoisotopic (exact) mass is 213 g/mol. The number of rotatable bonds is 5. The van der Waals surface area contributed by atoms with Crippen LogP contribution in [0.25, 0.3) is 0 Å². The molecule has 0 aromatic carbocycles. The van der Waals surface area contributed by atoms with Crippen LogP contribution in [0.5, 0.6) is 0 Å². The number of hydrogen-bond donors (Lipinski definition) is 2. The molecule has 0 aromatic heterocycles. The zero-order valence-electron chi connectivity index (χ0n) is 9.88. The van der Waals surface area contributed by atoms with Crippen molar-refractivity contribution in [1.29, 1.82) is 0 Å². The molecule has 15 heavy (non-hydrogen) atoms. The van der Waals surface area contributed by atoms with Gasteiger partial charge in [0.1, 0.15) is 0 Å². The number of likely N-dealkylation sites (tertiary alicyclic amines) is 1. The Morgan fingerprint density at radius 2 is 2.27 bits per heavy atom. The highest BCUT2D eigenvalue weighted by Crippen LogP contribution is 2.08. The first-order chi connectivity index (χ1) is 7.26. The van der Waals surface area contributed by atoms with E-state index in [9.17, 15) is 4.79 Å². The Morgan fingerprint density at radius 1 is 1.47 bits per heavy atom. The number of nitrogens with zero attached hydrogens (tertiary/aromatic N) is 1. The van der Waals surface area contributed by atoms with E-state index in [1.54, 1.807) is 0 Å². The van der Waals surface area contributed by atoms with Crippen LogP contribution in [0.2, 0.25) is 0 Å². The van der Waals surface area contributed by atoms with E-state index in [4.69, 9.17) is 0 Å². The van der Waals surface area contributed by atoms with Crippen molar-refractivity contribution in [2.45, 2.75) is 32.7 Å². The first-order valence-electron chi connectivity index (χ1n) is 5.98. The Bertz CT molecular complexity index is 196. The minimum absolute atomic E-state index is 0.125. The van der Waals surface area contributed by atoms with E-state index in [0.717, 1.165) is 26.1 Å². The summed E-state index contributed by atoms with van der Waals surface area (Å²) in [5.74, 6) is 0.125. The van der Waals surface area contributed by atoms with Crippen LogP contribution in [0.15, 0.2) is 0 Å². The predicted molar refractivity (Wildman–Crippen MR) is 61.8 cm³/mol. The van der Waals surface area contributed by atoms with E-state index in [1.807, 2.05) is 6.92 Å². The molecule has 1 unspecified atom stereocenters. The number of piperidine rings is 1. The lowest BCUT2D eigenvalue weighted by Gasteiger charge is -2.32. The maximum atomic E-state index is 11.5. The topological polar surface area (TPSA) is 44.4 Å². The molecule has 0 radical (unpaired) electrons. The molecule has 1 amide bonds. The number of nitrogens with one attached hydrogen (secondary N) is 2. The molecule has 88 valence electrons. The van der Waals surface area contributed by atoms with E-state index in [-0.39, 0.29) is 5.91 Å². The van der Waals surface area contributed by atoms with Crippen molar-refractivity contribution in [3.05, 3.63) is 0 Å². The van der Waals surface area contributed by atoms with E-state index >= 15 is 0 Å². The minimum atomic E-state index is 0.125. The molecule has 0 aliphatic carbocycles. The van der Waals surface area contributed by atoms with Crippen molar-refractivity contribution in [2.24, 2.45) is 0 Å². The second-order valence-electron chi connectivity index (χ2n) is 4.08. The minimum Gasteiger partial charge on any atom is -0.351 e. The summed E-state index contributed by atoms with van der Waals surface area (Å²) >= 11 is 0. The Kier molecular flexibility index (Phi) is 5.65. The van der Waals surface area contributed by atoms with Gasteiger partial charge < -0.3 is 15.5 Å². The summed E-state index contributed by atoms with van der Waals surface area (Å²) in [7, 11) is 0. The molecule has 4 nitrogen and oxygen atoms in total. The molecule has 0 spiro atoms. The van der Waals surface area contributed by atoms with Gasteiger partial charge >= 0.3 is 0 Å². The Morgan fingerprint density at radius 3 is 2.93 bits per heavy atom. The van der Waals surface area contributed by atoms with Crippen LogP contribution in [0.1, 0.15) is 26.7 Å². The lowest BCUT2D eigenvalue weighted by molar-refractivity contribution is -0.121. The molecule has 4 heteroatoms. The summed E-state index contributed by atoms with van der Waals surface area (Å²) in [6.45, 7) is 8.73. The summed E-state index contributed by atoms with van der Waals surface area (Å²) in [4.78, 5) is 13.9.